The third kappa shape index (κ3) is 4.59. The molecule has 0 aliphatic heterocycles. The highest BCUT2D eigenvalue weighted by Gasteiger charge is 2.24. The van der Waals surface area contributed by atoms with Crippen LogP contribution in [0.1, 0.15) is 0 Å². The van der Waals surface area contributed by atoms with Crippen molar-refractivity contribution < 1.29 is 0 Å². The Morgan fingerprint density at radius 1 is 0.186 bits per heavy atom. The van der Waals surface area contributed by atoms with Gasteiger partial charge in [0.1, 0.15) is 0 Å². The number of aromatic nitrogens is 2. The Labute approximate surface area is 400 Å². The van der Waals surface area contributed by atoms with Gasteiger partial charge in [-0.1, -0.05) is 194 Å². The summed E-state index contributed by atoms with van der Waals surface area (Å²) in [7, 11) is 0. The van der Waals surface area contributed by atoms with Crippen LogP contribution < -0.4 is 0 Å². The van der Waals surface area contributed by atoms with E-state index < -0.39 is 0 Å². The highest BCUT2D eigenvalue weighted by Crippen LogP contribution is 2.49. The predicted octanol–water partition coefficient (Wildman–Crippen LogP) is 18.9. The van der Waals surface area contributed by atoms with Crippen LogP contribution in [0, 0.1) is 0 Å². The van der Waals surface area contributed by atoms with Crippen molar-refractivity contribution in [3.05, 3.63) is 231 Å². The van der Waals surface area contributed by atoms with Crippen LogP contribution in [-0.4, -0.2) is 8.80 Å². The van der Waals surface area contributed by atoms with Crippen LogP contribution in [0.25, 0.3) is 163 Å². The second-order valence-corrected chi connectivity index (χ2v) is 19.5. The van der Waals surface area contributed by atoms with Gasteiger partial charge in [-0.3, -0.25) is 0 Å². The summed E-state index contributed by atoms with van der Waals surface area (Å²) >= 11 is 0. The summed E-state index contributed by atoms with van der Waals surface area (Å²) in [5.74, 6) is 0. The van der Waals surface area contributed by atoms with Crippen LogP contribution in [0.15, 0.2) is 231 Å². The average Bonchev–Trinajstić information content (AvgIpc) is 4.02. The molecule has 0 spiro atoms. The van der Waals surface area contributed by atoms with Crippen LogP contribution in [0.4, 0.5) is 0 Å². The molecular weight excluding hydrogens is 845 g/mol. The summed E-state index contributed by atoms with van der Waals surface area (Å²) in [5, 5.41) is 28.2. The number of pyridine rings is 2. The molecule has 320 valence electrons. The highest BCUT2D eigenvalue weighted by atomic mass is 14.9. The number of fused-ring (bicyclic) bond motifs is 33. The molecule has 0 fully saturated rings. The SMILES string of the molecule is c1ccc2c(c1)ccc1c2c2c3ccc(-c4ccc5cc6c7c8ccccc8c8ccccc8c7c7c8ccccc8c8ccccc8c7n6c5c4)cc3c3ccccc3c2c2cc3ccccc3n12. The molecule has 2 nitrogen and oxygen atoms in total. The van der Waals surface area contributed by atoms with Gasteiger partial charge in [0.2, 0.25) is 0 Å². The van der Waals surface area contributed by atoms with Gasteiger partial charge in [0.15, 0.2) is 0 Å². The quantitative estimate of drug-likeness (QED) is 0.145. The highest BCUT2D eigenvalue weighted by molar-refractivity contribution is 6.42. The Hall–Kier alpha value is -9.24. The zero-order valence-corrected chi connectivity index (χ0v) is 37.8. The largest absolute Gasteiger partial charge is 0.309 e. The maximum atomic E-state index is 2.61. The van der Waals surface area contributed by atoms with E-state index in [2.05, 4.69) is 239 Å². The van der Waals surface area contributed by atoms with Crippen LogP contribution in [0.5, 0.6) is 0 Å². The Morgan fingerprint density at radius 3 is 1.27 bits per heavy atom. The third-order valence-electron chi connectivity index (χ3n) is 16.1. The molecule has 13 aromatic carbocycles. The maximum Gasteiger partial charge on any atom is 0.0625 e. The standard InChI is InChI=1S/C68H38N2/c1-3-17-44-39(15-1)32-34-58-62(44)65-54-33-31-40(35-56(54)49-22-7-10-24-51(49)63(65)60-37-42-16-2-14-28-57(42)69(58)60)41-29-30-43-38-61-64-50-23-9-4-18-45(50)46-19-5-11-25-52(46)66(64)67-53-26-12-6-20-47(53)48-21-8-13-27-55(48)68(67)70(61)59(43)36-41/h1-38H. The second-order valence-electron chi connectivity index (χ2n) is 19.5. The lowest BCUT2D eigenvalue weighted by molar-refractivity contribution is 1.35. The number of rotatable bonds is 1. The summed E-state index contributed by atoms with van der Waals surface area (Å²) in [6.07, 6.45) is 0. The topological polar surface area (TPSA) is 8.82 Å². The van der Waals surface area contributed by atoms with Crippen LogP contribution >= 0.6 is 0 Å². The van der Waals surface area contributed by atoms with E-state index in [0.717, 1.165) is 0 Å². The number of para-hydroxylation sites is 1. The fourth-order valence-corrected chi connectivity index (χ4v) is 13.3. The monoisotopic (exact) mass is 882 g/mol. The van der Waals surface area contributed by atoms with E-state index in [1.807, 2.05) is 0 Å². The summed E-state index contributed by atoms with van der Waals surface area (Å²) in [6, 6.07) is 86.9. The van der Waals surface area contributed by atoms with Crippen LogP contribution in [-0.2, 0) is 0 Å². The normalized spacial score (nSPS) is 12.6. The van der Waals surface area contributed by atoms with Gasteiger partial charge < -0.3 is 8.80 Å². The van der Waals surface area contributed by atoms with Crippen molar-refractivity contribution in [2.24, 2.45) is 0 Å². The van der Waals surface area contributed by atoms with Crippen molar-refractivity contribution in [1.82, 2.24) is 8.80 Å². The molecule has 0 bridgehead atoms. The second kappa shape index (κ2) is 13.3. The van der Waals surface area contributed by atoms with Gasteiger partial charge in [-0.2, -0.15) is 0 Å². The average molecular weight is 883 g/mol. The van der Waals surface area contributed by atoms with E-state index in [-0.39, 0.29) is 0 Å². The van der Waals surface area contributed by atoms with E-state index in [1.54, 1.807) is 0 Å². The van der Waals surface area contributed by atoms with Gasteiger partial charge in [0, 0.05) is 48.5 Å². The molecule has 0 atom stereocenters. The van der Waals surface area contributed by atoms with Gasteiger partial charge in [-0.15, -0.1) is 0 Å². The first-order chi connectivity index (χ1) is 34.8. The van der Waals surface area contributed by atoms with E-state index in [9.17, 15) is 0 Å². The molecule has 0 amide bonds. The fraction of sp³-hybridized carbons (Fsp3) is 0. The minimum Gasteiger partial charge on any atom is -0.309 e. The molecular formula is C68H38N2. The van der Waals surface area contributed by atoms with Crippen molar-refractivity contribution in [3.63, 3.8) is 0 Å². The smallest absolute Gasteiger partial charge is 0.0625 e. The lowest BCUT2D eigenvalue weighted by Gasteiger charge is -2.19. The molecule has 2 heteroatoms. The fourth-order valence-electron chi connectivity index (χ4n) is 13.3. The van der Waals surface area contributed by atoms with Gasteiger partial charge >= 0.3 is 0 Å². The molecule has 0 aliphatic carbocycles. The minimum absolute atomic E-state index is 1.20. The first-order valence-electron chi connectivity index (χ1n) is 24.4. The van der Waals surface area contributed by atoms with Gasteiger partial charge in [0.25, 0.3) is 0 Å². The summed E-state index contributed by atoms with van der Waals surface area (Å²) in [5.41, 5.74) is 9.80. The lowest BCUT2D eigenvalue weighted by atomic mass is 9.88. The van der Waals surface area contributed by atoms with Crippen LogP contribution in [0.3, 0.4) is 0 Å². The van der Waals surface area contributed by atoms with E-state index >= 15 is 0 Å². The summed E-state index contributed by atoms with van der Waals surface area (Å²) in [4.78, 5) is 0. The van der Waals surface area contributed by atoms with E-state index in [4.69, 9.17) is 0 Å². The Bertz CT molecular complexity index is 5240. The molecule has 4 aromatic heterocycles. The Balaban J connectivity index is 1.03. The van der Waals surface area contributed by atoms with E-state index in [1.165, 1.54) is 163 Å². The molecule has 17 rings (SSSR count). The molecule has 17 aromatic rings. The molecule has 70 heavy (non-hydrogen) atoms. The third-order valence-corrected chi connectivity index (χ3v) is 16.1. The van der Waals surface area contributed by atoms with Gasteiger partial charge in [-0.25, -0.2) is 0 Å². The number of nitrogens with zero attached hydrogens (tertiary/aromatic N) is 2. The molecule has 0 saturated heterocycles. The van der Waals surface area contributed by atoms with Crippen molar-refractivity contribution in [1.29, 1.82) is 0 Å². The first kappa shape index (κ1) is 36.8. The molecule has 0 saturated carbocycles. The number of hydrogen-bond acceptors (Lipinski definition) is 0. The van der Waals surface area contributed by atoms with Crippen LogP contribution in [0.2, 0.25) is 0 Å². The Morgan fingerprint density at radius 2 is 0.600 bits per heavy atom. The molecule has 0 radical (unpaired) electrons. The molecule has 4 heterocycles. The summed E-state index contributed by atoms with van der Waals surface area (Å²) in [6.45, 7) is 0. The number of benzene rings is 13. The molecule has 0 unspecified atom stereocenters. The zero-order valence-electron chi connectivity index (χ0n) is 37.8. The summed E-state index contributed by atoms with van der Waals surface area (Å²) < 4.78 is 5.12. The van der Waals surface area contributed by atoms with Gasteiger partial charge in [-0.05, 0) is 118 Å². The van der Waals surface area contributed by atoms with Crippen molar-refractivity contribution >= 4 is 152 Å². The van der Waals surface area contributed by atoms with Crippen molar-refractivity contribution in [3.8, 4) is 11.1 Å². The first-order valence-corrected chi connectivity index (χ1v) is 24.4. The lowest BCUT2D eigenvalue weighted by Crippen LogP contribution is -1.96. The maximum absolute atomic E-state index is 2.61. The van der Waals surface area contributed by atoms with Crippen molar-refractivity contribution in [2.75, 3.05) is 0 Å². The van der Waals surface area contributed by atoms with Gasteiger partial charge in [0.05, 0.1) is 33.1 Å². The number of hydrogen-bond donors (Lipinski definition) is 0. The minimum atomic E-state index is 1.20. The Kier molecular flexibility index (Phi) is 6.97. The zero-order chi connectivity index (χ0) is 45.3. The predicted molar refractivity (Wildman–Crippen MR) is 301 cm³/mol. The van der Waals surface area contributed by atoms with E-state index in [0.29, 0.717) is 0 Å². The van der Waals surface area contributed by atoms with Crippen molar-refractivity contribution in [2.45, 2.75) is 0 Å². The molecule has 0 N–H and O–H groups in total. The molecule has 0 aliphatic rings.